The molecule has 0 saturated carbocycles. The van der Waals surface area contributed by atoms with Crippen LogP contribution in [0.4, 0.5) is 0 Å². The lowest BCUT2D eigenvalue weighted by molar-refractivity contribution is 0.487. The van der Waals surface area contributed by atoms with E-state index in [1.54, 1.807) is 0 Å². The number of benzene rings is 6. The standard InChI is InChI=1S/C48H38O2S2/c1-5-9-43-27(3)19-45(51-43)33-21-31-11-7-13-35-37-23-29(15-17-39(37)49-41(25-33)47(31)35)30-16-18-40-38(24-30)36-14-8-12-32-22-34(26-42(50-40)48(32)36)46-20-28(4)44(52-46)10-6-2/h7-8,11-26H,5-6,9-10H2,1-4H3. The summed E-state index contributed by atoms with van der Waals surface area (Å²) in [5, 5.41) is 4.78. The Labute approximate surface area is 312 Å². The number of fused-ring (bicyclic) bond motifs is 4. The molecule has 254 valence electrons. The third-order valence-corrected chi connectivity index (χ3v) is 13.5. The summed E-state index contributed by atoms with van der Waals surface area (Å²) in [6.45, 7) is 8.97. The molecule has 0 bridgehead atoms. The summed E-state index contributed by atoms with van der Waals surface area (Å²) in [5.74, 6) is 3.66. The van der Waals surface area contributed by atoms with Crippen LogP contribution in [0.25, 0.3) is 75.8 Å². The van der Waals surface area contributed by atoms with E-state index >= 15 is 0 Å². The number of ether oxygens (including phenoxy) is 2. The fraction of sp³-hybridized carbons (Fsp3) is 0.167. The van der Waals surface area contributed by atoms with Crippen molar-refractivity contribution in [1.29, 1.82) is 0 Å². The van der Waals surface area contributed by atoms with Gasteiger partial charge in [-0.25, -0.2) is 0 Å². The van der Waals surface area contributed by atoms with Gasteiger partial charge in [-0.2, -0.15) is 0 Å². The van der Waals surface area contributed by atoms with E-state index in [0.717, 1.165) is 70.9 Å². The highest BCUT2D eigenvalue weighted by molar-refractivity contribution is 7.16. The molecule has 2 nitrogen and oxygen atoms in total. The number of hydrogen-bond donors (Lipinski definition) is 0. The molecule has 6 aromatic carbocycles. The summed E-state index contributed by atoms with van der Waals surface area (Å²) >= 11 is 3.83. The van der Waals surface area contributed by atoms with Crippen molar-refractivity contribution in [3.63, 3.8) is 0 Å². The minimum atomic E-state index is 0.897. The van der Waals surface area contributed by atoms with Gasteiger partial charge in [-0.1, -0.05) is 75.2 Å². The normalized spacial score (nSPS) is 12.5. The van der Waals surface area contributed by atoms with Gasteiger partial charge in [-0.05, 0) is 143 Å². The van der Waals surface area contributed by atoms with Crippen molar-refractivity contribution in [2.45, 2.75) is 53.4 Å². The van der Waals surface area contributed by atoms with Crippen LogP contribution in [0.1, 0.15) is 47.6 Å². The van der Waals surface area contributed by atoms with Crippen LogP contribution in [-0.2, 0) is 12.8 Å². The van der Waals surface area contributed by atoms with E-state index in [0.29, 0.717) is 0 Å². The molecule has 0 N–H and O–H groups in total. The lowest BCUT2D eigenvalue weighted by Gasteiger charge is -2.24. The molecule has 2 aliphatic heterocycles. The molecule has 8 aromatic rings. The van der Waals surface area contributed by atoms with Crippen LogP contribution in [0.15, 0.2) is 109 Å². The molecular formula is C48H38O2S2. The molecule has 0 fully saturated rings. The number of hydrogen-bond acceptors (Lipinski definition) is 4. The zero-order chi connectivity index (χ0) is 35.1. The monoisotopic (exact) mass is 710 g/mol. The Morgan fingerprint density at radius 2 is 0.904 bits per heavy atom. The van der Waals surface area contributed by atoms with E-state index in [1.165, 1.54) is 74.4 Å². The Morgan fingerprint density at radius 3 is 1.35 bits per heavy atom. The minimum Gasteiger partial charge on any atom is -0.456 e. The average molecular weight is 711 g/mol. The first kappa shape index (κ1) is 31.6. The third-order valence-electron chi connectivity index (χ3n) is 10.8. The summed E-state index contributed by atoms with van der Waals surface area (Å²) < 4.78 is 13.4. The smallest absolute Gasteiger partial charge is 0.136 e. The Morgan fingerprint density at radius 1 is 0.442 bits per heavy atom. The minimum absolute atomic E-state index is 0.897. The maximum Gasteiger partial charge on any atom is 0.136 e. The quantitative estimate of drug-likeness (QED) is 0.164. The van der Waals surface area contributed by atoms with E-state index in [-0.39, 0.29) is 0 Å². The van der Waals surface area contributed by atoms with Crippen molar-refractivity contribution in [1.82, 2.24) is 0 Å². The first-order valence-corrected chi connectivity index (χ1v) is 20.1. The van der Waals surface area contributed by atoms with Crippen LogP contribution in [0.2, 0.25) is 0 Å². The van der Waals surface area contributed by atoms with Gasteiger partial charge < -0.3 is 9.47 Å². The summed E-state index contributed by atoms with van der Waals surface area (Å²) in [6, 6.07) is 40.3. The summed E-state index contributed by atoms with van der Waals surface area (Å²) in [4.78, 5) is 5.58. The van der Waals surface area contributed by atoms with Crippen molar-refractivity contribution >= 4 is 44.2 Å². The van der Waals surface area contributed by atoms with Crippen molar-refractivity contribution in [2.24, 2.45) is 0 Å². The van der Waals surface area contributed by atoms with Crippen LogP contribution in [0.3, 0.4) is 0 Å². The van der Waals surface area contributed by atoms with E-state index in [2.05, 4.69) is 137 Å². The number of rotatable bonds is 7. The van der Waals surface area contributed by atoms with Crippen molar-refractivity contribution in [2.75, 3.05) is 0 Å². The second kappa shape index (κ2) is 12.2. The summed E-state index contributed by atoms with van der Waals surface area (Å²) in [7, 11) is 0. The van der Waals surface area contributed by atoms with Crippen LogP contribution in [0.5, 0.6) is 23.0 Å². The van der Waals surface area contributed by atoms with Crippen molar-refractivity contribution < 1.29 is 9.47 Å². The molecule has 0 saturated heterocycles. The second-order valence-corrected chi connectivity index (χ2v) is 16.6. The fourth-order valence-electron chi connectivity index (χ4n) is 8.20. The lowest BCUT2D eigenvalue weighted by atomic mass is 9.89. The Kier molecular flexibility index (Phi) is 7.42. The molecule has 0 atom stereocenters. The highest BCUT2D eigenvalue weighted by Crippen LogP contribution is 2.52. The predicted octanol–water partition coefficient (Wildman–Crippen LogP) is 15.2. The zero-order valence-corrected chi connectivity index (χ0v) is 31.5. The zero-order valence-electron chi connectivity index (χ0n) is 29.9. The van der Waals surface area contributed by atoms with Crippen LogP contribution < -0.4 is 9.47 Å². The largest absolute Gasteiger partial charge is 0.456 e. The summed E-state index contributed by atoms with van der Waals surface area (Å²) in [6.07, 6.45) is 4.58. The highest BCUT2D eigenvalue weighted by Gasteiger charge is 2.25. The first-order valence-electron chi connectivity index (χ1n) is 18.4. The molecule has 0 unspecified atom stereocenters. The van der Waals surface area contributed by atoms with Gasteiger partial charge in [0.25, 0.3) is 0 Å². The van der Waals surface area contributed by atoms with Gasteiger partial charge in [0.2, 0.25) is 0 Å². The molecular weight excluding hydrogens is 673 g/mol. The van der Waals surface area contributed by atoms with Crippen LogP contribution in [-0.4, -0.2) is 0 Å². The van der Waals surface area contributed by atoms with E-state index in [4.69, 9.17) is 9.47 Å². The van der Waals surface area contributed by atoms with E-state index in [1.807, 2.05) is 22.7 Å². The average Bonchev–Trinajstić information content (AvgIpc) is 3.72. The SMILES string of the molecule is CCCc1sc(-c2cc3c4c(cccc4c2)-c2cc(-c4ccc5c(c4)-c4cccc6cc(-c7cc(C)c(CCC)s7)cc(c46)O5)ccc2O3)cc1C. The molecule has 52 heavy (non-hydrogen) atoms. The van der Waals surface area contributed by atoms with Gasteiger partial charge >= 0.3 is 0 Å². The lowest BCUT2D eigenvalue weighted by Crippen LogP contribution is -1.99. The molecule has 4 heterocycles. The van der Waals surface area contributed by atoms with Gasteiger partial charge in [0.1, 0.15) is 23.0 Å². The molecule has 10 rings (SSSR count). The van der Waals surface area contributed by atoms with Crippen molar-refractivity contribution in [3.8, 4) is 77.3 Å². The molecule has 2 aliphatic rings. The second-order valence-electron chi connectivity index (χ2n) is 14.3. The molecule has 0 amide bonds. The van der Waals surface area contributed by atoms with Gasteiger partial charge in [0, 0.05) is 41.4 Å². The summed E-state index contributed by atoms with van der Waals surface area (Å²) in [5.41, 5.74) is 12.2. The van der Waals surface area contributed by atoms with Crippen molar-refractivity contribution in [3.05, 3.63) is 130 Å². The van der Waals surface area contributed by atoms with Gasteiger partial charge in [0.05, 0.1) is 0 Å². The maximum absolute atomic E-state index is 6.70. The van der Waals surface area contributed by atoms with E-state index in [9.17, 15) is 0 Å². The predicted molar refractivity (Wildman–Crippen MR) is 222 cm³/mol. The molecule has 4 heteroatoms. The third kappa shape index (κ3) is 5.03. The number of thiophene rings is 2. The van der Waals surface area contributed by atoms with Gasteiger partial charge in [-0.15, -0.1) is 22.7 Å². The van der Waals surface area contributed by atoms with Crippen LogP contribution >= 0.6 is 22.7 Å². The first-order chi connectivity index (χ1) is 25.4. The molecule has 0 aliphatic carbocycles. The Hall–Kier alpha value is -5.16. The molecule has 0 radical (unpaired) electrons. The van der Waals surface area contributed by atoms with E-state index < -0.39 is 0 Å². The van der Waals surface area contributed by atoms with Gasteiger partial charge in [0.15, 0.2) is 0 Å². The topological polar surface area (TPSA) is 18.5 Å². The number of aryl methyl sites for hydroxylation is 4. The molecule has 2 aromatic heterocycles. The highest BCUT2D eigenvalue weighted by atomic mass is 32.1. The van der Waals surface area contributed by atoms with Gasteiger partial charge in [-0.3, -0.25) is 0 Å². The maximum atomic E-state index is 6.70. The fourth-order valence-corrected chi connectivity index (χ4v) is 10.7. The Balaban J connectivity index is 1.03. The Bertz CT molecular complexity index is 2550. The van der Waals surface area contributed by atoms with Crippen LogP contribution in [0, 0.1) is 13.8 Å². The molecule has 0 spiro atoms.